The summed E-state index contributed by atoms with van der Waals surface area (Å²) in [6.07, 6.45) is 2.89. The lowest BCUT2D eigenvalue weighted by atomic mass is 10.3. The maximum Gasteiger partial charge on any atom is 0.222 e. The van der Waals surface area contributed by atoms with E-state index in [0.29, 0.717) is 37.6 Å². The first-order chi connectivity index (χ1) is 7.16. The Balaban J connectivity index is 3.22. The van der Waals surface area contributed by atoms with Gasteiger partial charge in [-0.1, -0.05) is 19.1 Å². The van der Waals surface area contributed by atoms with E-state index in [0.717, 1.165) is 12.8 Å². The number of amides is 1. The fourth-order valence-corrected chi connectivity index (χ4v) is 1.13. The van der Waals surface area contributed by atoms with Crippen LogP contribution in [-0.2, 0) is 9.53 Å². The summed E-state index contributed by atoms with van der Waals surface area (Å²) in [7, 11) is 0. The monoisotopic (exact) mass is 232 g/mol. The van der Waals surface area contributed by atoms with Crippen molar-refractivity contribution < 1.29 is 9.53 Å². The van der Waals surface area contributed by atoms with E-state index in [2.05, 4.69) is 5.32 Å². The molecule has 15 heavy (non-hydrogen) atoms. The highest BCUT2D eigenvalue weighted by atomic mass is 32.1. The Morgan fingerprint density at radius 2 is 2.13 bits per heavy atom. The zero-order chi connectivity index (χ0) is 11.5. The van der Waals surface area contributed by atoms with Gasteiger partial charge in [-0.05, 0) is 19.3 Å². The van der Waals surface area contributed by atoms with Gasteiger partial charge in [0.1, 0.15) is 0 Å². The van der Waals surface area contributed by atoms with E-state index in [1.807, 2.05) is 6.92 Å². The Morgan fingerprint density at radius 3 is 2.73 bits per heavy atom. The first-order valence-corrected chi connectivity index (χ1v) is 5.70. The second-order valence-corrected chi connectivity index (χ2v) is 3.81. The average molecular weight is 232 g/mol. The summed E-state index contributed by atoms with van der Waals surface area (Å²) in [4.78, 5) is 11.7. The molecule has 0 aromatic rings. The lowest BCUT2D eigenvalue weighted by molar-refractivity contribution is -0.122. The van der Waals surface area contributed by atoms with Crippen LogP contribution in [0.4, 0.5) is 0 Å². The first kappa shape index (κ1) is 14.3. The molecule has 0 unspecified atom stereocenters. The standard InChI is InChI=1S/C10H20N2O2S/c1-2-7-14-8-5-10(13)12-6-3-4-9(11)15/h2-8H2,1H3,(H2,11,15)(H,12,13). The Kier molecular flexibility index (Phi) is 9.41. The van der Waals surface area contributed by atoms with Crippen molar-refractivity contribution in [3.8, 4) is 0 Å². The molecule has 0 bridgehead atoms. The summed E-state index contributed by atoms with van der Waals surface area (Å²) in [5.74, 6) is 0.0223. The maximum atomic E-state index is 11.2. The van der Waals surface area contributed by atoms with Gasteiger partial charge < -0.3 is 15.8 Å². The van der Waals surface area contributed by atoms with E-state index < -0.39 is 0 Å². The van der Waals surface area contributed by atoms with Gasteiger partial charge in [0.25, 0.3) is 0 Å². The second kappa shape index (κ2) is 9.86. The van der Waals surface area contributed by atoms with Gasteiger partial charge in [0.05, 0.1) is 11.6 Å². The van der Waals surface area contributed by atoms with Crippen molar-refractivity contribution in [2.24, 2.45) is 5.73 Å². The van der Waals surface area contributed by atoms with E-state index in [9.17, 15) is 4.79 Å². The topological polar surface area (TPSA) is 64.3 Å². The summed E-state index contributed by atoms with van der Waals surface area (Å²) in [5, 5.41) is 2.78. The van der Waals surface area contributed by atoms with Crippen molar-refractivity contribution in [2.75, 3.05) is 19.8 Å². The number of thiocarbonyl (C=S) groups is 1. The Bertz CT molecular complexity index is 198. The summed E-state index contributed by atoms with van der Waals surface area (Å²) in [6.45, 7) is 3.88. The minimum atomic E-state index is 0.0223. The minimum absolute atomic E-state index is 0.0223. The van der Waals surface area contributed by atoms with Gasteiger partial charge in [0, 0.05) is 19.6 Å². The predicted molar refractivity (Wildman–Crippen MR) is 64.8 cm³/mol. The molecule has 0 aromatic carbocycles. The van der Waals surface area contributed by atoms with Crippen LogP contribution in [0, 0.1) is 0 Å². The molecular weight excluding hydrogens is 212 g/mol. The SMILES string of the molecule is CCCOCCC(=O)NCCCC(N)=S. The molecule has 0 aliphatic heterocycles. The van der Waals surface area contributed by atoms with Crippen LogP contribution in [0.5, 0.6) is 0 Å². The second-order valence-electron chi connectivity index (χ2n) is 3.28. The van der Waals surface area contributed by atoms with Crippen LogP contribution in [-0.4, -0.2) is 30.7 Å². The Morgan fingerprint density at radius 1 is 1.40 bits per heavy atom. The zero-order valence-electron chi connectivity index (χ0n) is 9.25. The number of nitrogens with two attached hydrogens (primary N) is 1. The Labute approximate surface area is 96.5 Å². The van der Waals surface area contributed by atoms with Gasteiger partial charge >= 0.3 is 0 Å². The molecule has 0 radical (unpaired) electrons. The average Bonchev–Trinajstić information content (AvgIpc) is 2.19. The van der Waals surface area contributed by atoms with Crippen LogP contribution in [0.25, 0.3) is 0 Å². The van der Waals surface area contributed by atoms with Crippen LogP contribution in [0.1, 0.15) is 32.6 Å². The number of hydrogen-bond acceptors (Lipinski definition) is 3. The number of carbonyl (C=O) groups excluding carboxylic acids is 1. The van der Waals surface area contributed by atoms with E-state index in [4.69, 9.17) is 22.7 Å². The molecule has 0 saturated carbocycles. The molecule has 0 atom stereocenters. The van der Waals surface area contributed by atoms with Crippen molar-refractivity contribution in [1.29, 1.82) is 0 Å². The lowest BCUT2D eigenvalue weighted by Crippen LogP contribution is -2.26. The molecular formula is C10H20N2O2S. The molecule has 88 valence electrons. The Hall–Kier alpha value is -0.680. The van der Waals surface area contributed by atoms with E-state index in [1.165, 1.54) is 0 Å². The fourth-order valence-electron chi connectivity index (χ4n) is 0.990. The highest BCUT2D eigenvalue weighted by Crippen LogP contribution is 1.89. The highest BCUT2D eigenvalue weighted by Gasteiger charge is 2.00. The zero-order valence-corrected chi connectivity index (χ0v) is 10.1. The van der Waals surface area contributed by atoms with E-state index >= 15 is 0 Å². The number of rotatable bonds is 9. The van der Waals surface area contributed by atoms with E-state index in [-0.39, 0.29) is 5.91 Å². The molecule has 4 nitrogen and oxygen atoms in total. The first-order valence-electron chi connectivity index (χ1n) is 5.29. The summed E-state index contributed by atoms with van der Waals surface area (Å²) in [5.41, 5.74) is 5.32. The molecule has 3 N–H and O–H groups in total. The van der Waals surface area contributed by atoms with Crippen molar-refractivity contribution in [2.45, 2.75) is 32.6 Å². The fraction of sp³-hybridized carbons (Fsp3) is 0.800. The number of carbonyl (C=O) groups is 1. The van der Waals surface area contributed by atoms with Crippen LogP contribution in [0.3, 0.4) is 0 Å². The third-order valence-corrected chi connectivity index (χ3v) is 1.95. The number of hydrogen-bond donors (Lipinski definition) is 2. The van der Waals surface area contributed by atoms with Crippen molar-refractivity contribution in [1.82, 2.24) is 5.32 Å². The van der Waals surface area contributed by atoms with Gasteiger partial charge in [-0.15, -0.1) is 0 Å². The molecule has 0 spiro atoms. The normalized spacial score (nSPS) is 9.93. The van der Waals surface area contributed by atoms with Gasteiger partial charge in [0.15, 0.2) is 0 Å². The van der Waals surface area contributed by atoms with Gasteiger partial charge in [-0.25, -0.2) is 0 Å². The van der Waals surface area contributed by atoms with Gasteiger partial charge in [-0.2, -0.15) is 0 Å². The molecule has 0 aliphatic carbocycles. The highest BCUT2D eigenvalue weighted by molar-refractivity contribution is 7.80. The molecule has 0 aromatic heterocycles. The van der Waals surface area contributed by atoms with Crippen LogP contribution in [0.2, 0.25) is 0 Å². The largest absolute Gasteiger partial charge is 0.393 e. The molecule has 0 heterocycles. The lowest BCUT2D eigenvalue weighted by Gasteiger charge is -2.05. The summed E-state index contributed by atoms with van der Waals surface area (Å²) < 4.78 is 5.20. The third kappa shape index (κ3) is 11.2. The number of ether oxygens (including phenoxy) is 1. The van der Waals surface area contributed by atoms with Crippen LogP contribution in [0.15, 0.2) is 0 Å². The molecule has 5 heteroatoms. The molecule has 0 fully saturated rings. The third-order valence-electron chi connectivity index (χ3n) is 1.74. The van der Waals surface area contributed by atoms with Gasteiger partial charge in [0.2, 0.25) is 5.91 Å². The molecule has 0 rings (SSSR count). The maximum absolute atomic E-state index is 11.2. The quantitative estimate of drug-likeness (QED) is 0.459. The van der Waals surface area contributed by atoms with Crippen LogP contribution >= 0.6 is 12.2 Å². The van der Waals surface area contributed by atoms with Crippen LogP contribution < -0.4 is 11.1 Å². The number of nitrogens with one attached hydrogen (secondary N) is 1. The smallest absolute Gasteiger partial charge is 0.222 e. The van der Waals surface area contributed by atoms with Gasteiger partial charge in [-0.3, -0.25) is 4.79 Å². The summed E-state index contributed by atoms with van der Waals surface area (Å²) >= 11 is 4.72. The molecule has 0 saturated heterocycles. The van der Waals surface area contributed by atoms with Crippen molar-refractivity contribution in [3.63, 3.8) is 0 Å². The van der Waals surface area contributed by atoms with Crippen molar-refractivity contribution >= 4 is 23.1 Å². The predicted octanol–water partition coefficient (Wildman–Crippen LogP) is 0.986. The minimum Gasteiger partial charge on any atom is -0.393 e. The molecule has 1 amide bonds. The molecule has 0 aliphatic rings. The summed E-state index contributed by atoms with van der Waals surface area (Å²) in [6, 6.07) is 0. The van der Waals surface area contributed by atoms with E-state index in [1.54, 1.807) is 0 Å². The van der Waals surface area contributed by atoms with Crippen molar-refractivity contribution in [3.05, 3.63) is 0 Å².